The Kier molecular flexibility index (Phi) is 4.63. The molecule has 2 N–H and O–H groups in total. The summed E-state index contributed by atoms with van der Waals surface area (Å²) in [4.78, 5) is 17.2. The first-order chi connectivity index (χ1) is 9.58. The number of anilines is 1. The summed E-state index contributed by atoms with van der Waals surface area (Å²) >= 11 is 5.95. The third-order valence-corrected chi connectivity index (χ3v) is 3.06. The Hall–Kier alpha value is -2.01. The van der Waals surface area contributed by atoms with Crippen molar-refractivity contribution in [3.63, 3.8) is 0 Å². The monoisotopic (exact) mass is 292 g/mol. The van der Waals surface area contributed by atoms with Crippen molar-refractivity contribution in [3.05, 3.63) is 35.5 Å². The van der Waals surface area contributed by atoms with Gasteiger partial charge in [0.05, 0.1) is 5.52 Å². The molecule has 1 aromatic heterocycles. The average molecular weight is 293 g/mol. The van der Waals surface area contributed by atoms with Crippen molar-refractivity contribution in [1.29, 1.82) is 0 Å². The normalized spacial score (nSPS) is 10.3. The summed E-state index contributed by atoms with van der Waals surface area (Å²) in [6, 6.07) is 7.41. The zero-order valence-corrected chi connectivity index (χ0v) is 12.2. The Balaban J connectivity index is 1.98. The molecule has 20 heavy (non-hydrogen) atoms. The number of urea groups is 1. The van der Waals surface area contributed by atoms with Crippen molar-refractivity contribution < 1.29 is 4.79 Å². The predicted molar refractivity (Wildman–Crippen MR) is 82.3 cm³/mol. The van der Waals surface area contributed by atoms with Gasteiger partial charge in [-0.25, -0.2) is 4.79 Å². The smallest absolute Gasteiger partial charge is 0.316 e. The summed E-state index contributed by atoms with van der Waals surface area (Å²) in [5, 5.41) is 7.76. The predicted octanol–water partition coefficient (Wildman–Crippen LogP) is 2.57. The second kappa shape index (κ2) is 6.43. The highest BCUT2D eigenvalue weighted by Gasteiger charge is 2.03. The van der Waals surface area contributed by atoms with Crippen LogP contribution in [-0.4, -0.2) is 43.1 Å². The molecule has 6 heteroatoms. The fourth-order valence-corrected chi connectivity index (χ4v) is 1.97. The summed E-state index contributed by atoms with van der Waals surface area (Å²) in [7, 11) is 3.42. The van der Waals surface area contributed by atoms with Gasteiger partial charge in [0.15, 0.2) is 0 Å². The number of aromatic nitrogens is 1. The standard InChI is InChI=1S/C14H17ClN4O/c1-19(2)14(20)18-8-7-17-12-5-6-16-13-9-10(15)3-4-11(12)13/h3-6,9H,7-8H2,1-2H3,(H,16,17)(H,18,20). The Bertz CT molecular complexity index is 615. The Morgan fingerprint density at radius 3 is 2.85 bits per heavy atom. The molecule has 0 radical (unpaired) electrons. The van der Waals surface area contributed by atoms with Gasteiger partial charge in [0.2, 0.25) is 0 Å². The van der Waals surface area contributed by atoms with Crippen molar-refractivity contribution in [2.24, 2.45) is 0 Å². The van der Waals surface area contributed by atoms with Gasteiger partial charge in [-0.05, 0) is 24.3 Å². The van der Waals surface area contributed by atoms with E-state index in [1.807, 2.05) is 24.3 Å². The van der Waals surface area contributed by atoms with Gasteiger partial charge in [-0.1, -0.05) is 11.6 Å². The highest BCUT2D eigenvalue weighted by molar-refractivity contribution is 6.31. The highest BCUT2D eigenvalue weighted by Crippen LogP contribution is 2.23. The van der Waals surface area contributed by atoms with Crippen LogP contribution in [0.3, 0.4) is 0 Å². The van der Waals surface area contributed by atoms with Gasteiger partial charge in [0, 0.05) is 49.5 Å². The maximum absolute atomic E-state index is 11.4. The number of fused-ring (bicyclic) bond motifs is 1. The van der Waals surface area contributed by atoms with E-state index in [2.05, 4.69) is 15.6 Å². The van der Waals surface area contributed by atoms with Gasteiger partial charge in [-0.2, -0.15) is 0 Å². The Morgan fingerprint density at radius 1 is 1.30 bits per heavy atom. The quantitative estimate of drug-likeness (QED) is 0.852. The zero-order valence-electron chi connectivity index (χ0n) is 11.5. The molecule has 0 unspecified atom stereocenters. The summed E-state index contributed by atoms with van der Waals surface area (Å²) in [6.45, 7) is 1.19. The minimum atomic E-state index is -0.0989. The van der Waals surface area contributed by atoms with Crippen molar-refractivity contribution in [3.8, 4) is 0 Å². The lowest BCUT2D eigenvalue weighted by Gasteiger charge is -2.13. The van der Waals surface area contributed by atoms with Crippen LogP contribution in [0.5, 0.6) is 0 Å². The third kappa shape index (κ3) is 3.51. The van der Waals surface area contributed by atoms with Crippen LogP contribution in [0.25, 0.3) is 10.9 Å². The molecule has 5 nitrogen and oxygen atoms in total. The van der Waals surface area contributed by atoms with E-state index in [4.69, 9.17) is 11.6 Å². The maximum Gasteiger partial charge on any atom is 0.316 e. The molecule has 0 fully saturated rings. The summed E-state index contributed by atoms with van der Waals surface area (Å²) in [6.07, 6.45) is 1.74. The number of carbonyl (C=O) groups excluding carboxylic acids is 1. The molecule has 1 heterocycles. The van der Waals surface area contributed by atoms with Gasteiger partial charge >= 0.3 is 6.03 Å². The molecular weight excluding hydrogens is 276 g/mol. The van der Waals surface area contributed by atoms with Crippen molar-refractivity contribution in [1.82, 2.24) is 15.2 Å². The number of nitrogens with one attached hydrogen (secondary N) is 2. The van der Waals surface area contributed by atoms with Gasteiger partial charge in [-0.15, -0.1) is 0 Å². The van der Waals surface area contributed by atoms with E-state index in [1.54, 1.807) is 20.3 Å². The van der Waals surface area contributed by atoms with Crippen LogP contribution in [0.15, 0.2) is 30.5 Å². The van der Waals surface area contributed by atoms with Crippen LogP contribution in [-0.2, 0) is 0 Å². The van der Waals surface area contributed by atoms with Crippen LogP contribution in [0.1, 0.15) is 0 Å². The van der Waals surface area contributed by atoms with Gasteiger partial charge < -0.3 is 15.5 Å². The number of hydrogen-bond donors (Lipinski definition) is 2. The van der Waals surface area contributed by atoms with Crippen LogP contribution < -0.4 is 10.6 Å². The topological polar surface area (TPSA) is 57.3 Å². The minimum absolute atomic E-state index is 0.0989. The van der Waals surface area contributed by atoms with Crippen LogP contribution in [0.4, 0.5) is 10.5 Å². The molecule has 0 bridgehead atoms. The van der Waals surface area contributed by atoms with Crippen LogP contribution in [0.2, 0.25) is 5.02 Å². The van der Waals surface area contributed by atoms with E-state index < -0.39 is 0 Å². The molecule has 0 aliphatic carbocycles. The summed E-state index contributed by atoms with van der Waals surface area (Å²) in [5.74, 6) is 0. The fourth-order valence-electron chi connectivity index (χ4n) is 1.80. The van der Waals surface area contributed by atoms with E-state index in [-0.39, 0.29) is 6.03 Å². The van der Waals surface area contributed by atoms with Gasteiger partial charge in [0.1, 0.15) is 0 Å². The van der Waals surface area contributed by atoms with Crippen molar-refractivity contribution in [2.45, 2.75) is 0 Å². The van der Waals surface area contributed by atoms with E-state index in [0.717, 1.165) is 16.6 Å². The second-order valence-electron chi connectivity index (χ2n) is 4.57. The van der Waals surface area contributed by atoms with Crippen LogP contribution >= 0.6 is 11.6 Å². The number of pyridine rings is 1. The molecule has 0 spiro atoms. The zero-order chi connectivity index (χ0) is 14.5. The molecule has 0 aliphatic heterocycles. The third-order valence-electron chi connectivity index (χ3n) is 2.83. The molecule has 1 aromatic carbocycles. The first kappa shape index (κ1) is 14.4. The second-order valence-corrected chi connectivity index (χ2v) is 5.01. The molecule has 2 aromatic rings. The molecule has 0 aliphatic rings. The van der Waals surface area contributed by atoms with Gasteiger partial charge in [0.25, 0.3) is 0 Å². The molecule has 0 atom stereocenters. The van der Waals surface area contributed by atoms with Crippen molar-refractivity contribution in [2.75, 3.05) is 32.5 Å². The first-order valence-corrected chi connectivity index (χ1v) is 6.69. The lowest BCUT2D eigenvalue weighted by atomic mass is 10.2. The number of rotatable bonds is 4. The average Bonchev–Trinajstić information content (AvgIpc) is 2.42. The number of halogens is 1. The molecule has 2 amide bonds. The number of nitrogens with zero attached hydrogens (tertiary/aromatic N) is 2. The number of carbonyl (C=O) groups is 1. The Labute approximate surface area is 122 Å². The highest BCUT2D eigenvalue weighted by atomic mass is 35.5. The minimum Gasteiger partial charge on any atom is -0.383 e. The molecule has 0 saturated heterocycles. The van der Waals surface area contributed by atoms with Gasteiger partial charge in [-0.3, -0.25) is 4.98 Å². The molecule has 2 rings (SSSR count). The largest absolute Gasteiger partial charge is 0.383 e. The number of amides is 2. The van der Waals surface area contributed by atoms with Crippen molar-refractivity contribution >= 4 is 34.2 Å². The number of benzene rings is 1. The Morgan fingerprint density at radius 2 is 2.10 bits per heavy atom. The molecule has 106 valence electrons. The maximum atomic E-state index is 11.4. The van der Waals surface area contributed by atoms with E-state index in [0.29, 0.717) is 18.1 Å². The SMILES string of the molecule is CN(C)C(=O)NCCNc1ccnc2cc(Cl)ccc12. The summed E-state index contributed by atoms with van der Waals surface area (Å²) < 4.78 is 0. The first-order valence-electron chi connectivity index (χ1n) is 6.31. The lowest BCUT2D eigenvalue weighted by molar-refractivity contribution is 0.218. The van der Waals surface area contributed by atoms with Crippen LogP contribution in [0, 0.1) is 0 Å². The molecular formula is C14H17ClN4O. The molecule has 0 saturated carbocycles. The van der Waals surface area contributed by atoms with E-state index in [1.165, 1.54) is 4.90 Å². The summed E-state index contributed by atoms with van der Waals surface area (Å²) in [5.41, 5.74) is 1.82. The fraction of sp³-hybridized carbons (Fsp3) is 0.286. The van der Waals surface area contributed by atoms with E-state index >= 15 is 0 Å². The van der Waals surface area contributed by atoms with E-state index in [9.17, 15) is 4.79 Å². The number of hydrogen-bond acceptors (Lipinski definition) is 3. The lowest BCUT2D eigenvalue weighted by Crippen LogP contribution is -2.37.